The molecule has 0 atom stereocenters. The Hall–Kier alpha value is -2.21. The highest BCUT2D eigenvalue weighted by Gasteiger charge is 2.20. The Morgan fingerprint density at radius 3 is 2.96 bits per heavy atom. The molecule has 3 heterocycles. The van der Waals surface area contributed by atoms with Crippen LogP contribution in [0.3, 0.4) is 0 Å². The molecule has 0 saturated heterocycles. The summed E-state index contributed by atoms with van der Waals surface area (Å²) < 4.78 is 2.55. The molecule has 0 radical (unpaired) electrons. The molecule has 124 valence electrons. The van der Waals surface area contributed by atoms with Gasteiger partial charge in [0.2, 0.25) is 0 Å². The summed E-state index contributed by atoms with van der Waals surface area (Å²) in [6.45, 7) is 4.40. The monoisotopic (exact) mass is 340 g/mol. The number of hydrogen-bond acceptors (Lipinski definition) is 5. The highest BCUT2D eigenvalue weighted by atomic mass is 32.1. The molecule has 24 heavy (non-hydrogen) atoms. The van der Waals surface area contributed by atoms with Gasteiger partial charge in [-0.25, -0.2) is 9.97 Å². The lowest BCUT2D eigenvalue weighted by Crippen LogP contribution is -2.26. The maximum absolute atomic E-state index is 13.0. The minimum absolute atomic E-state index is 0.0737. The van der Waals surface area contributed by atoms with Gasteiger partial charge in [-0.2, -0.15) is 0 Å². The third kappa shape index (κ3) is 2.51. The molecule has 1 aliphatic rings. The summed E-state index contributed by atoms with van der Waals surface area (Å²) in [4.78, 5) is 22.9. The van der Waals surface area contributed by atoms with Crippen LogP contribution in [0.4, 0.5) is 5.69 Å². The Kier molecular flexibility index (Phi) is 4.06. The number of thiophene rings is 1. The van der Waals surface area contributed by atoms with E-state index >= 15 is 0 Å². The fourth-order valence-corrected chi connectivity index (χ4v) is 4.57. The molecule has 0 bridgehead atoms. The van der Waals surface area contributed by atoms with E-state index in [4.69, 9.17) is 0 Å². The van der Waals surface area contributed by atoms with Crippen LogP contribution in [0.2, 0.25) is 0 Å². The molecule has 1 fully saturated rings. The second kappa shape index (κ2) is 6.36. The molecule has 1 saturated carbocycles. The first-order chi connectivity index (χ1) is 11.8. The predicted octanol–water partition coefficient (Wildman–Crippen LogP) is 4.11. The van der Waals surface area contributed by atoms with Crippen molar-refractivity contribution in [3.63, 3.8) is 0 Å². The number of nitrogens with zero attached hydrogens (tertiary/aromatic N) is 3. The number of hydrogen-bond donors (Lipinski definition) is 1. The molecule has 0 unspecified atom stereocenters. The Labute approximate surface area is 144 Å². The smallest absolute Gasteiger partial charge is 0.271 e. The van der Waals surface area contributed by atoms with E-state index in [-0.39, 0.29) is 5.56 Å². The lowest BCUT2D eigenvalue weighted by Gasteiger charge is -2.23. The summed E-state index contributed by atoms with van der Waals surface area (Å²) in [5.74, 6) is 0. The quantitative estimate of drug-likeness (QED) is 0.726. The minimum atomic E-state index is 0.0737. The Morgan fingerprint density at radius 1 is 1.33 bits per heavy atom. The van der Waals surface area contributed by atoms with E-state index in [1.54, 1.807) is 12.5 Å². The molecule has 0 aromatic carbocycles. The van der Waals surface area contributed by atoms with Gasteiger partial charge in [0.15, 0.2) is 0 Å². The van der Waals surface area contributed by atoms with Gasteiger partial charge in [-0.1, -0.05) is 25.3 Å². The molecule has 5 nitrogen and oxygen atoms in total. The van der Waals surface area contributed by atoms with Crippen molar-refractivity contribution in [2.45, 2.75) is 38.1 Å². The third-order valence-corrected chi connectivity index (χ3v) is 5.79. The molecule has 3 aromatic heterocycles. The first kappa shape index (κ1) is 15.3. The van der Waals surface area contributed by atoms with Gasteiger partial charge in [-0.15, -0.1) is 17.9 Å². The van der Waals surface area contributed by atoms with Crippen molar-refractivity contribution >= 4 is 37.5 Å². The van der Waals surface area contributed by atoms with Crippen LogP contribution in [-0.2, 0) is 0 Å². The van der Waals surface area contributed by atoms with Crippen LogP contribution in [0.25, 0.3) is 20.4 Å². The van der Waals surface area contributed by atoms with Crippen LogP contribution in [0.1, 0.15) is 38.1 Å². The number of rotatable bonds is 4. The van der Waals surface area contributed by atoms with Gasteiger partial charge in [0.25, 0.3) is 5.56 Å². The maximum atomic E-state index is 13.0. The summed E-state index contributed by atoms with van der Waals surface area (Å²) in [5, 5.41) is 4.25. The van der Waals surface area contributed by atoms with Gasteiger partial charge in [-0.3, -0.25) is 9.36 Å². The van der Waals surface area contributed by atoms with E-state index in [0.717, 1.165) is 34.3 Å². The Morgan fingerprint density at radius 2 is 2.17 bits per heavy atom. The lowest BCUT2D eigenvalue weighted by atomic mass is 9.95. The standard InChI is InChI=1S/C18H20N4OS/c1-2-9-19-13-8-10-20-17-14(13)15-16(24-17)18(23)22(11-21-15)12-6-4-3-5-7-12/h2,8,10-12H,1,3-7,9H2,(H,19,20). The van der Waals surface area contributed by atoms with Crippen molar-refractivity contribution in [1.29, 1.82) is 0 Å². The van der Waals surface area contributed by atoms with Crippen molar-refractivity contribution in [1.82, 2.24) is 14.5 Å². The molecule has 6 heteroatoms. The van der Waals surface area contributed by atoms with Crippen molar-refractivity contribution in [3.05, 3.63) is 41.6 Å². The third-order valence-electron chi connectivity index (χ3n) is 4.71. The van der Waals surface area contributed by atoms with Gasteiger partial charge in [-0.05, 0) is 18.9 Å². The summed E-state index contributed by atoms with van der Waals surface area (Å²) in [6.07, 6.45) is 11.1. The second-order valence-corrected chi connectivity index (χ2v) is 7.24. The molecule has 1 aliphatic carbocycles. The van der Waals surface area contributed by atoms with Crippen molar-refractivity contribution in [2.24, 2.45) is 0 Å². The largest absolute Gasteiger partial charge is 0.381 e. The lowest BCUT2D eigenvalue weighted by molar-refractivity contribution is 0.345. The van der Waals surface area contributed by atoms with E-state index in [2.05, 4.69) is 21.9 Å². The Balaban J connectivity index is 1.88. The summed E-state index contributed by atoms with van der Waals surface area (Å²) >= 11 is 1.44. The van der Waals surface area contributed by atoms with Crippen molar-refractivity contribution in [3.8, 4) is 0 Å². The normalized spacial score (nSPS) is 15.8. The van der Waals surface area contributed by atoms with Crippen molar-refractivity contribution < 1.29 is 0 Å². The first-order valence-electron chi connectivity index (χ1n) is 8.42. The number of anilines is 1. The average molecular weight is 340 g/mol. The van der Waals surface area contributed by atoms with E-state index in [1.165, 1.54) is 30.6 Å². The molecular formula is C18H20N4OS. The van der Waals surface area contributed by atoms with Crippen LogP contribution >= 0.6 is 11.3 Å². The fraction of sp³-hybridized carbons (Fsp3) is 0.389. The van der Waals surface area contributed by atoms with Crippen molar-refractivity contribution in [2.75, 3.05) is 11.9 Å². The van der Waals surface area contributed by atoms with Crippen LogP contribution < -0.4 is 10.9 Å². The average Bonchev–Trinajstić information content (AvgIpc) is 3.01. The number of aromatic nitrogens is 3. The Bertz CT molecular complexity index is 953. The second-order valence-electron chi connectivity index (χ2n) is 6.24. The SMILES string of the molecule is C=CCNc1ccnc2sc3c(=O)n(C4CCCCC4)cnc3c12. The predicted molar refractivity (Wildman–Crippen MR) is 100.0 cm³/mol. The highest BCUT2D eigenvalue weighted by Crippen LogP contribution is 2.35. The molecule has 4 rings (SSSR count). The van der Waals surface area contributed by atoms with E-state index in [9.17, 15) is 4.79 Å². The van der Waals surface area contributed by atoms with Crippen LogP contribution in [0.5, 0.6) is 0 Å². The van der Waals surface area contributed by atoms with E-state index in [0.29, 0.717) is 17.3 Å². The number of fused-ring (bicyclic) bond motifs is 3. The number of pyridine rings is 1. The number of nitrogens with one attached hydrogen (secondary N) is 1. The van der Waals surface area contributed by atoms with Gasteiger partial charge >= 0.3 is 0 Å². The molecule has 3 aromatic rings. The zero-order valence-electron chi connectivity index (χ0n) is 13.5. The van der Waals surface area contributed by atoms with Gasteiger partial charge in [0.1, 0.15) is 9.53 Å². The fourth-order valence-electron chi connectivity index (χ4n) is 3.51. The molecular weight excluding hydrogens is 320 g/mol. The summed E-state index contributed by atoms with van der Waals surface area (Å²) in [6, 6.07) is 2.21. The van der Waals surface area contributed by atoms with E-state index < -0.39 is 0 Å². The molecule has 0 aliphatic heterocycles. The van der Waals surface area contributed by atoms with Crippen LogP contribution in [0, 0.1) is 0 Å². The van der Waals surface area contributed by atoms with Gasteiger partial charge < -0.3 is 5.32 Å². The van der Waals surface area contributed by atoms with Crippen LogP contribution in [0.15, 0.2) is 36.0 Å². The minimum Gasteiger partial charge on any atom is -0.381 e. The molecule has 0 spiro atoms. The highest BCUT2D eigenvalue weighted by molar-refractivity contribution is 7.25. The zero-order chi connectivity index (χ0) is 16.5. The topological polar surface area (TPSA) is 59.8 Å². The first-order valence-corrected chi connectivity index (χ1v) is 9.24. The van der Waals surface area contributed by atoms with Gasteiger partial charge in [0, 0.05) is 24.5 Å². The van der Waals surface area contributed by atoms with Gasteiger partial charge in [0.05, 0.1) is 17.2 Å². The zero-order valence-corrected chi connectivity index (χ0v) is 14.3. The summed E-state index contributed by atoms with van der Waals surface area (Å²) in [7, 11) is 0. The van der Waals surface area contributed by atoms with E-state index in [1.807, 2.05) is 16.7 Å². The van der Waals surface area contributed by atoms with Crippen LogP contribution in [-0.4, -0.2) is 21.1 Å². The molecule has 0 amide bonds. The molecule has 1 N–H and O–H groups in total. The summed E-state index contributed by atoms with van der Waals surface area (Å²) in [5.41, 5.74) is 1.78. The maximum Gasteiger partial charge on any atom is 0.271 e.